The van der Waals surface area contributed by atoms with Crippen LogP contribution in [0.2, 0.25) is 0 Å². The second kappa shape index (κ2) is 10.8. The highest BCUT2D eigenvalue weighted by atomic mass is 19.4. The first kappa shape index (κ1) is 23.3. The molecule has 3 aromatic rings. The molecule has 0 amide bonds. The summed E-state index contributed by atoms with van der Waals surface area (Å²) in [6.45, 7) is 2.89. The molecule has 1 saturated heterocycles. The van der Waals surface area contributed by atoms with E-state index in [1.54, 1.807) is 6.20 Å². The summed E-state index contributed by atoms with van der Waals surface area (Å²) in [5.41, 5.74) is 1.04. The highest BCUT2D eigenvalue weighted by Gasteiger charge is 2.31. The molecule has 1 aliphatic heterocycles. The van der Waals surface area contributed by atoms with E-state index in [-0.39, 0.29) is 18.2 Å². The molecule has 0 aliphatic carbocycles. The van der Waals surface area contributed by atoms with Crippen LogP contribution >= 0.6 is 0 Å². The van der Waals surface area contributed by atoms with Crippen molar-refractivity contribution in [1.82, 2.24) is 25.3 Å². The van der Waals surface area contributed by atoms with E-state index in [9.17, 15) is 18.0 Å². The fourth-order valence-corrected chi connectivity index (χ4v) is 3.09. The number of nitrogens with one attached hydrogen (secondary N) is 1. The van der Waals surface area contributed by atoms with E-state index in [0.717, 1.165) is 43.6 Å². The Morgan fingerprint density at radius 1 is 1.06 bits per heavy atom. The van der Waals surface area contributed by atoms with E-state index >= 15 is 0 Å². The molecule has 1 N–H and O–H groups in total. The van der Waals surface area contributed by atoms with Crippen LogP contribution < -0.4 is 10.1 Å². The van der Waals surface area contributed by atoms with Crippen molar-refractivity contribution in [3.8, 4) is 17.3 Å². The Balaban J connectivity index is 0.000000186. The van der Waals surface area contributed by atoms with Crippen LogP contribution in [-0.4, -0.2) is 44.9 Å². The summed E-state index contributed by atoms with van der Waals surface area (Å²) >= 11 is 0. The summed E-state index contributed by atoms with van der Waals surface area (Å²) in [5, 5.41) is 3.23. The predicted octanol–water partition coefficient (Wildman–Crippen LogP) is 3.97. The minimum absolute atomic E-state index is 0.0106. The number of aldehydes is 1. The molecular formula is C22H22F3N5O2. The maximum Gasteiger partial charge on any atom is 0.419 e. The summed E-state index contributed by atoms with van der Waals surface area (Å²) in [5.74, 6) is 0. The molecule has 0 bridgehead atoms. The maximum absolute atomic E-state index is 12.3. The van der Waals surface area contributed by atoms with E-state index in [4.69, 9.17) is 4.74 Å². The predicted molar refractivity (Wildman–Crippen MR) is 111 cm³/mol. The standard InChI is InChI=1S/C11H14F3N3O.C11H8N2O/c1-7-9(3-2-4-15-7)18-10-16-5-8(6-17-10)11(12,13)14;14-8-10-11(13-7-6-12-10)9-4-2-1-3-5-9/h5-7,9,15H,2-4H2,1H3;1-8H/t7-,9+;/m0./s1. The number of alkyl halides is 3. The Hall–Kier alpha value is -3.40. The highest BCUT2D eigenvalue weighted by molar-refractivity contribution is 5.82. The number of piperidine rings is 1. The van der Waals surface area contributed by atoms with Crippen LogP contribution in [0.1, 0.15) is 35.8 Å². The van der Waals surface area contributed by atoms with Gasteiger partial charge in [0.25, 0.3) is 0 Å². The molecule has 1 aliphatic rings. The van der Waals surface area contributed by atoms with Crippen LogP contribution in [0.15, 0.2) is 55.1 Å². The summed E-state index contributed by atoms with van der Waals surface area (Å²) in [7, 11) is 0. The van der Waals surface area contributed by atoms with Crippen LogP contribution in [0, 0.1) is 0 Å². The molecule has 2 atom stereocenters. The summed E-state index contributed by atoms with van der Waals surface area (Å²) in [6.07, 6.45) is 2.58. The van der Waals surface area contributed by atoms with Crippen molar-refractivity contribution in [3.05, 3.63) is 66.4 Å². The third kappa shape index (κ3) is 6.30. The molecule has 7 nitrogen and oxygen atoms in total. The molecule has 1 aromatic carbocycles. The van der Waals surface area contributed by atoms with Gasteiger partial charge in [-0.05, 0) is 26.3 Å². The number of aromatic nitrogens is 4. The number of benzene rings is 1. The fraction of sp³-hybridized carbons (Fsp3) is 0.318. The van der Waals surface area contributed by atoms with Gasteiger partial charge in [0.05, 0.1) is 11.3 Å². The van der Waals surface area contributed by atoms with Gasteiger partial charge >= 0.3 is 12.2 Å². The SMILES string of the molecule is C[C@@H]1NCCC[C@H]1Oc1ncc(C(F)(F)F)cn1.O=Cc1nccnc1-c1ccccc1. The number of ether oxygens (including phenoxy) is 1. The van der Waals surface area contributed by atoms with Crippen LogP contribution in [0.4, 0.5) is 13.2 Å². The van der Waals surface area contributed by atoms with Crippen molar-refractivity contribution >= 4 is 6.29 Å². The molecule has 0 spiro atoms. The number of hydrogen-bond acceptors (Lipinski definition) is 7. The van der Waals surface area contributed by atoms with Gasteiger partial charge in [0.15, 0.2) is 6.29 Å². The maximum atomic E-state index is 12.3. The van der Waals surface area contributed by atoms with Gasteiger partial charge in [0.1, 0.15) is 11.8 Å². The topological polar surface area (TPSA) is 89.9 Å². The lowest BCUT2D eigenvalue weighted by Crippen LogP contribution is -2.45. The molecule has 3 heterocycles. The number of hydrogen-bond donors (Lipinski definition) is 1. The minimum atomic E-state index is -4.42. The van der Waals surface area contributed by atoms with Crippen LogP contribution in [0.3, 0.4) is 0 Å². The smallest absolute Gasteiger partial charge is 0.419 e. The highest BCUT2D eigenvalue weighted by Crippen LogP contribution is 2.28. The van der Waals surface area contributed by atoms with Crippen LogP contribution in [0.25, 0.3) is 11.3 Å². The Labute approximate surface area is 183 Å². The molecule has 0 radical (unpaired) electrons. The Morgan fingerprint density at radius 2 is 1.75 bits per heavy atom. The molecule has 0 unspecified atom stereocenters. The lowest BCUT2D eigenvalue weighted by atomic mass is 10.0. The van der Waals surface area contributed by atoms with Gasteiger partial charge < -0.3 is 10.1 Å². The number of rotatable bonds is 4. The molecular weight excluding hydrogens is 423 g/mol. The van der Waals surface area contributed by atoms with Crippen molar-refractivity contribution in [1.29, 1.82) is 0 Å². The van der Waals surface area contributed by atoms with Gasteiger partial charge in [-0.1, -0.05) is 30.3 Å². The van der Waals surface area contributed by atoms with E-state index < -0.39 is 11.7 Å². The number of nitrogens with zero attached hydrogens (tertiary/aromatic N) is 4. The molecule has 168 valence electrons. The first-order valence-electron chi connectivity index (χ1n) is 9.99. The van der Waals surface area contributed by atoms with Crippen molar-refractivity contribution in [2.75, 3.05) is 6.54 Å². The average Bonchev–Trinajstić information content (AvgIpc) is 2.81. The zero-order valence-corrected chi connectivity index (χ0v) is 17.3. The summed E-state index contributed by atoms with van der Waals surface area (Å²) < 4.78 is 42.4. The van der Waals surface area contributed by atoms with Crippen molar-refractivity contribution in [2.45, 2.75) is 38.1 Å². The lowest BCUT2D eigenvalue weighted by molar-refractivity contribution is -0.138. The molecule has 32 heavy (non-hydrogen) atoms. The molecule has 0 saturated carbocycles. The van der Waals surface area contributed by atoms with E-state index in [2.05, 4.69) is 25.3 Å². The van der Waals surface area contributed by atoms with Gasteiger partial charge in [-0.2, -0.15) is 13.2 Å². The van der Waals surface area contributed by atoms with Gasteiger partial charge in [-0.25, -0.2) is 15.0 Å². The van der Waals surface area contributed by atoms with E-state index in [0.29, 0.717) is 11.4 Å². The molecule has 10 heteroatoms. The molecule has 4 rings (SSSR count). The Kier molecular flexibility index (Phi) is 7.82. The van der Waals surface area contributed by atoms with Gasteiger partial charge in [0, 0.05) is 36.4 Å². The number of halogens is 3. The van der Waals surface area contributed by atoms with Gasteiger partial charge in [-0.3, -0.25) is 9.78 Å². The van der Waals surface area contributed by atoms with Crippen LogP contribution in [-0.2, 0) is 6.18 Å². The van der Waals surface area contributed by atoms with Gasteiger partial charge in [0.2, 0.25) is 0 Å². The second-order valence-electron chi connectivity index (χ2n) is 7.07. The van der Waals surface area contributed by atoms with Crippen molar-refractivity contribution < 1.29 is 22.7 Å². The van der Waals surface area contributed by atoms with Crippen molar-refractivity contribution in [3.63, 3.8) is 0 Å². The zero-order valence-electron chi connectivity index (χ0n) is 17.3. The van der Waals surface area contributed by atoms with Gasteiger partial charge in [-0.15, -0.1) is 0 Å². The van der Waals surface area contributed by atoms with Crippen molar-refractivity contribution in [2.24, 2.45) is 0 Å². The monoisotopic (exact) mass is 445 g/mol. The Bertz CT molecular complexity index is 1000. The first-order valence-corrected chi connectivity index (χ1v) is 9.99. The third-order valence-corrected chi connectivity index (χ3v) is 4.79. The Morgan fingerprint density at radius 3 is 2.38 bits per heavy atom. The largest absolute Gasteiger partial charge is 0.459 e. The normalized spacial score (nSPS) is 18.2. The number of carbonyl (C=O) groups is 1. The summed E-state index contributed by atoms with van der Waals surface area (Å²) in [4.78, 5) is 26.0. The zero-order chi connectivity index (χ0) is 23.0. The molecule has 2 aromatic heterocycles. The van der Waals surface area contributed by atoms with Crippen LogP contribution in [0.5, 0.6) is 6.01 Å². The third-order valence-electron chi connectivity index (χ3n) is 4.79. The second-order valence-corrected chi connectivity index (χ2v) is 7.07. The minimum Gasteiger partial charge on any atom is -0.459 e. The average molecular weight is 445 g/mol. The first-order chi connectivity index (χ1) is 15.4. The fourth-order valence-electron chi connectivity index (χ4n) is 3.09. The van der Waals surface area contributed by atoms with E-state index in [1.807, 2.05) is 37.3 Å². The number of carbonyl (C=O) groups excluding carboxylic acids is 1. The van der Waals surface area contributed by atoms with E-state index in [1.165, 1.54) is 6.20 Å². The lowest BCUT2D eigenvalue weighted by Gasteiger charge is -2.29. The summed E-state index contributed by atoms with van der Waals surface area (Å²) in [6, 6.07) is 9.65. The molecule has 1 fully saturated rings. The quantitative estimate of drug-likeness (QED) is 0.608.